The van der Waals surface area contributed by atoms with Crippen LogP contribution in [0.15, 0.2) is 24.3 Å². The average molecular weight is 520 g/mol. The van der Waals surface area contributed by atoms with Crippen LogP contribution in [-0.2, 0) is 23.9 Å². The molecular weight excluding hydrogens is 474 g/mol. The Morgan fingerprint density at radius 1 is 1.00 bits per heavy atom. The number of alkyl carbamates (subject to hydrolysis) is 1. The van der Waals surface area contributed by atoms with Crippen molar-refractivity contribution in [2.75, 3.05) is 13.2 Å². The molecule has 1 aromatic rings. The molecule has 0 saturated carbocycles. The van der Waals surface area contributed by atoms with Crippen molar-refractivity contribution in [1.29, 1.82) is 0 Å². The number of aryl methyl sites for hydroxylation is 1. The summed E-state index contributed by atoms with van der Waals surface area (Å²) in [7, 11) is 0. The van der Waals surface area contributed by atoms with Gasteiger partial charge in [0.2, 0.25) is 11.8 Å². The molecule has 1 rings (SSSR count). The predicted molar refractivity (Wildman–Crippen MR) is 143 cm³/mol. The standard InChI is InChI=1S/C28H45N3O6/c1-11-36-21(32)16-17-29-24(33)23(20-15-13-12-14-19(20)4)31(27(5,6)7)25(34)22(18(2)3)30-26(35)37-28(8,9)10/h12-15,18,22-23H,11,16-17H2,1-10H3,(H,29,33)(H,30,35). The molecule has 0 bridgehead atoms. The molecule has 9 heteroatoms. The first kappa shape index (κ1) is 31.9. The molecule has 37 heavy (non-hydrogen) atoms. The number of nitrogens with one attached hydrogen (secondary N) is 2. The number of amides is 3. The van der Waals surface area contributed by atoms with E-state index in [1.165, 1.54) is 4.90 Å². The molecule has 0 aromatic heterocycles. The highest BCUT2D eigenvalue weighted by atomic mass is 16.6. The first-order valence-corrected chi connectivity index (χ1v) is 12.8. The fraction of sp³-hybridized carbons (Fsp3) is 0.643. The molecule has 2 unspecified atom stereocenters. The lowest BCUT2D eigenvalue weighted by atomic mass is 9.91. The van der Waals surface area contributed by atoms with Gasteiger partial charge in [0.15, 0.2) is 0 Å². The Bertz CT molecular complexity index is 946. The van der Waals surface area contributed by atoms with E-state index in [0.717, 1.165) is 5.56 Å². The van der Waals surface area contributed by atoms with Gasteiger partial charge in [0.05, 0.1) is 13.0 Å². The number of nitrogens with zero attached hydrogens (tertiary/aromatic N) is 1. The third-order valence-electron chi connectivity index (χ3n) is 5.49. The van der Waals surface area contributed by atoms with Gasteiger partial charge in [-0.1, -0.05) is 38.1 Å². The minimum Gasteiger partial charge on any atom is -0.466 e. The molecule has 9 nitrogen and oxygen atoms in total. The fourth-order valence-corrected chi connectivity index (χ4v) is 3.85. The van der Waals surface area contributed by atoms with Gasteiger partial charge in [0.25, 0.3) is 0 Å². The number of rotatable bonds is 10. The Balaban J connectivity index is 3.46. The number of hydrogen-bond donors (Lipinski definition) is 2. The Kier molecular flexibility index (Phi) is 11.6. The highest BCUT2D eigenvalue weighted by molar-refractivity contribution is 5.93. The number of hydrogen-bond acceptors (Lipinski definition) is 6. The molecule has 0 spiro atoms. The zero-order valence-electron chi connectivity index (χ0n) is 24.1. The van der Waals surface area contributed by atoms with Gasteiger partial charge >= 0.3 is 12.1 Å². The van der Waals surface area contributed by atoms with Gasteiger partial charge in [-0.2, -0.15) is 0 Å². The highest BCUT2D eigenvalue weighted by Gasteiger charge is 2.43. The lowest BCUT2D eigenvalue weighted by molar-refractivity contribution is -0.149. The van der Waals surface area contributed by atoms with Crippen molar-refractivity contribution in [2.45, 2.75) is 98.9 Å². The largest absolute Gasteiger partial charge is 0.466 e. The molecule has 2 N–H and O–H groups in total. The van der Waals surface area contributed by atoms with Crippen LogP contribution in [0.25, 0.3) is 0 Å². The van der Waals surface area contributed by atoms with Gasteiger partial charge in [-0.15, -0.1) is 0 Å². The van der Waals surface area contributed by atoms with Crippen molar-refractivity contribution in [2.24, 2.45) is 5.92 Å². The van der Waals surface area contributed by atoms with Crippen LogP contribution in [-0.4, -0.2) is 59.1 Å². The van der Waals surface area contributed by atoms with Crippen LogP contribution in [0.5, 0.6) is 0 Å². The summed E-state index contributed by atoms with van der Waals surface area (Å²) in [6.45, 7) is 18.3. The third-order valence-corrected chi connectivity index (χ3v) is 5.49. The van der Waals surface area contributed by atoms with E-state index in [1.807, 2.05) is 65.8 Å². The predicted octanol–water partition coefficient (Wildman–Crippen LogP) is 4.28. The van der Waals surface area contributed by atoms with E-state index in [0.29, 0.717) is 5.56 Å². The quantitative estimate of drug-likeness (QED) is 0.446. The molecule has 3 amide bonds. The molecule has 0 saturated heterocycles. The summed E-state index contributed by atoms with van der Waals surface area (Å²) in [6, 6.07) is 5.41. The Hall–Kier alpha value is -3.10. The first-order valence-electron chi connectivity index (χ1n) is 12.8. The van der Waals surface area contributed by atoms with Crippen molar-refractivity contribution < 1.29 is 28.7 Å². The zero-order chi connectivity index (χ0) is 28.6. The van der Waals surface area contributed by atoms with Crippen LogP contribution in [0.2, 0.25) is 0 Å². The maximum absolute atomic E-state index is 14.1. The number of carbonyl (C=O) groups is 4. The molecule has 0 aliphatic carbocycles. The zero-order valence-corrected chi connectivity index (χ0v) is 24.1. The van der Waals surface area contributed by atoms with Crippen LogP contribution in [0.1, 0.15) is 85.9 Å². The van der Waals surface area contributed by atoms with E-state index in [4.69, 9.17) is 9.47 Å². The summed E-state index contributed by atoms with van der Waals surface area (Å²) >= 11 is 0. The maximum Gasteiger partial charge on any atom is 0.408 e. The van der Waals surface area contributed by atoms with Crippen molar-refractivity contribution in [3.05, 3.63) is 35.4 Å². The van der Waals surface area contributed by atoms with Gasteiger partial charge in [-0.3, -0.25) is 14.4 Å². The lowest BCUT2D eigenvalue weighted by Gasteiger charge is -2.44. The van der Waals surface area contributed by atoms with Crippen molar-refractivity contribution in [3.8, 4) is 0 Å². The van der Waals surface area contributed by atoms with Crippen molar-refractivity contribution >= 4 is 23.9 Å². The first-order chi connectivity index (χ1) is 17.0. The molecule has 1 aromatic carbocycles. The number of ether oxygens (including phenoxy) is 2. The van der Waals surface area contributed by atoms with Crippen LogP contribution < -0.4 is 10.6 Å². The van der Waals surface area contributed by atoms with Gasteiger partial charge in [0.1, 0.15) is 17.7 Å². The van der Waals surface area contributed by atoms with E-state index < -0.39 is 47.1 Å². The summed E-state index contributed by atoms with van der Waals surface area (Å²) in [6.07, 6.45) is -0.696. The second-order valence-electron chi connectivity index (χ2n) is 11.4. The molecule has 0 heterocycles. The van der Waals surface area contributed by atoms with Gasteiger partial charge in [0, 0.05) is 12.1 Å². The van der Waals surface area contributed by atoms with Crippen LogP contribution in [0.3, 0.4) is 0 Å². The van der Waals surface area contributed by atoms with Crippen molar-refractivity contribution in [3.63, 3.8) is 0 Å². The SMILES string of the molecule is CCOC(=O)CCNC(=O)C(c1ccccc1C)N(C(=O)C(NC(=O)OC(C)(C)C)C(C)C)C(C)(C)C. The summed E-state index contributed by atoms with van der Waals surface area (Å²) in [4.78, 5) is 53.7. The van der Waals surface area contributed by atoms with Crippen molar-refractivity contribution in [1.82, 2.24) is 15.5 Å². The summed E-state index contributed by atoms with van der Waals surface area (Å²) in [5, 5.41) is 5.51. The monoisotopic (exact) mass is 519 g/mol. The highest BCUT2D eigenvalue weighted by Crippen LogP contribution is 2.32. The van der Waals surface area contributed by atoms with E-state index >= 15 is 0 Å². The topological polar surface area (TPSA) is 114 Å². The second-order valence-corrected chi connectivity index (χ2v) is 11.4. The number of benzene rings is 1. The minimum atomic E-state index is -1.00. The number of carbonyl (C=O) groups excluding carboxylic acids is 4. The molecule has 0 radical (unpaired) electrons. The van der Waals surface area contributed by atoms with Gasteiger partial charge in [-0.05, 0) is 72.4 Å². The van der Waals surface area contributed by atoms with Crippen LogP contribution in [0.4, 0.5) is 4.79 Å². The summed E-state index contributed by atoms with van der Waals surface area (Å²) < 4.78 is 10.3. The molecule has 2 atom stereocenters. The van der Waals surface area contributed by atoms with E-state index in [2.05, 4.69) is 10.6 Å². The van der Waals surface area contributed by atoms with E-state index in [9.17, 15) is 19.2 Å². The Morgan fingerprint density at radius 2 is 1.59 bits per heavy atom. The molecule has 208 valence electrons. The Morgan fingerprint density at radius 3 is 2.08 bits per heavy atom. The summed E-state index contributed by atoms with van der Waals surface area (Å²) in [5.41, 5.74) is -0.0537. The molecular formula is C28H45N3O6. The van der Waals surface area contributed by atoms with E-state index in [1.54, 1.807) is 27.7 Å². The van der Waals surface area contributed by atoms with Gasteiger partial charge in [-0.25, -0.2) is 4.79 Å². The smallest absolute Gasteiger partial charge is 0.408 e. The third kappa shape index (κ3) is 10.1. The van der Waals surface area contributed by atoms with Gasteiger partial charge < -0.3 is 25.0 Å². The average Bonchev–Trinajstić information content (AvgIpc) is 2.73. The fourth-order valence-electron chi connectivity index (χ4n) is 3.85. The van der Waals surface area contributed by atoms with Crippen LogP contribution >= 0.6 is 0 Å². The summed E-state index contributed by atoms with van der Waals surface area (Å²) in [5.74, 6) is -1.54. The Labute approximate surface area is 221 Å². The lowest BCUT2D eigenvalue weighted by Crippen LogP contribution is -2.60. The van der Waals surface area contributed by atoms with E-state index in [-0.39, 0.29) is 25.5 Å². The maximum atomic E-state index is 14.1. The molecule has 0 fully saturated rings. The molecule has 0 aliphatic rings. The normalized spacial score (nSPS) is 13.4. The number of esters is 1. The van der Waals surface area contributed by atoms with Crippen LogP contribution in [0, 0.1) is 12.8 Å². The second kappa shape index (κ2) is 13.4. The molecule has 0 aliphatic heterocycles. The minimum absolute atomic E-state index is 0.0123.